The summed E-state index contributed by atoms with van der Waals surface area (Å²) >= 11 is 1.28. The quantitative estimate of drug-likeness (QED) is 0.753. The Morgan fingerprint density at radius 2 is 2.08 bits per heavy atom. The summed E-state index contributed by atoms with van der Waals surface area (Å²) in [5.41, 5.74) is 1.47. The zero-order chi connectivity index (χ0) is 17.1. The van der Waals surface area contributed by atoms with Crippen molar-refractivity contribution < 1.29 is 4.79 Å². The predicted octanol–water partition coefficient (Wildman–Crippen LogP) is 1.21. The van der Waals surface area contributed by atoms with Crippen LogP contribution < -0.4 is 15.8 Å². The molecule has 1 aromatic carbocycles. The van der Waals surface area contributed by atoms with E-state index in [1.165, 1.54) is 21.9 Å². The van der Waals surface area contributed by atoms with Crippen LogP contribution in [-0.4, -0.2) is 34.1 Å². The molecule has 0 fully saturated rings. The van der Waals surface area contributed by atoms with Crippen LogP contribution in [0.15, 0.2) is 41.2 Å². The molecular formula is C16H17N5O2S. The van der Waals surface area contributed by atoms with E-state index in [0.717, 1.165) is 5.56 Å². The fourth-order valence-corrected chi connectivity index (χ4v) is 3.11. The number of fused-ring (bicyclic) bond motifs is 1. The van der Waals surface area contributed by atoms with Gasteiger partial charge < -0.3 is 10.2 Å². The van der Waals surface area contributed by atoms with Gasteiger partial charge in [-0.15, -0.1) is 5.10 Å². The summed E-state index contributed by atoms with van der Waals surface area (Å²) in [6, 6.07) is 11.1. The van der Waals surface area contributed by atoms with Crippen molar-refractivity contribution in [2.24, 2.45) is 0 Å². The van der Waals surface area contributed by atoms with E-state index in [9.17, 15) is 9.59 Å². The highest BCUT2D eigenvalue weighted by Gasteiger charge is 2.14. The topological polar surface area (TPSA) is 79.6 Å². The van der Waals surface area contributed by atoms with Crippen LogP contribution in [0.2, 0.25) is 0 Å². The number of rotatable bonds is 5. The highest BCUT2D eigenvalue weighted by Crippen LogP contribution is 2.19. The van der Waals surface area contributed by atoms with Crippen molar-refractivity contribution in [2.45, 2.75) is 13.5 Å². The van der Waals surface area contributed by atoms with E-state index in [4.69, 9.17) is 0 Å². The SMILES string of the molecule is Cc1cc(=O)n2nc(N(C)CC(=O)NCc3ccccc3)sc2n1. The molecule has 2 aromatic heterocycles. The van der Waals surface area contributed by atoms with E-state index in [1.54, 1.807) is 18.9 Å². The van der Waals surface area contributed by atoms with Crippen LogP contribution in [0.5, 0.6) is 0 Å². The molecule has 0 saturated heterocycles. The van der Waals surface area contributed by atoms with Gasteiger partial charge in [0.1, 0.15) is 0 Å². The van der Waals surface area contributed by atoms with Gasteiger partial charge in [0, 0.05) is 25.4 Å². The zero-order valence-electron chi connectivity index (χ0n) is 13.4. The molecule has 124 valence electrons. The first-order valence-electron chi connectivity index (χ1n) is 7.42. The van der Waals surface area contributed by atoms with Crippen molar-refractivity contribution in [2.75, 3.05) is 18.5 Å². The van der Waals surface area contributed by atoms with Crippen molar-refractivity contribution in [3.05, 3.63) is 58.0 Å². The third kappa shape index (κ3) is 3.60. The molecule has 3 aromatic rings. The number of hydrogen-bond donors (Lipinski definition) is 1. The molecule has 0 bridgehead atoms. The molecule has 2 heterocycles. The van der Waals surface area contributed by atoms with Gasteiger partial charge in [-0.1, -0.05) is 41.7 Å². The average Bonchev–Trinajstić information content (AvgIpc) is 2.98. The highest BCUT2D eigenvalue weighted by atomic mass is 32.1. The molecule has 0 saturated carbocycles. The average molecular weight is 343 g/mol. The number of aromatic nitrogens is 3. The van der Waals surface area contributed by atoms with Gasteiger partial charge in [0.25, 0.3) is 5.56 Å². The van der Waals surface area contributed by atoms with Crippen molar-refractivity contribution >= 4 is 27.3 Å². The number of likely N-dealkylation sites (N-methyl/N-ethyl adjacent to an activating group) is 1. The Morgan fingerprint density at radius 1 is 1.33 bits per heavy atom. The maximum Gasteiger partial charge on any atom is 0.275 e. The Balaban J connectivity index is 1.66. The minimum absolute atomic E-state index is 0.114. The summed E-state index contributed by atoms with van der Waals surface area (Å²) in [6.07, 6.45) is 0. The monoisotopic (exact) mass is 343 g/mol. The summed E-state index contributed by atoms with van der Waals surface area (Å²) in [4.78, 5) is 30.5. The lowest BCUT2D eigenvalue weighted by atomic mass is 10.2. The third-order valence-corrected chi connectivity index (χ3v) is 4.42. The molecule has 3 rings (SSSR count). The van der Waals surface area contributed by atoms with E-state index < -0.39 is 0 Å². The van der Waals surface area contributed by atoms with Crippen molar-refractivity contribution in [3.63, 3.8) is 0 Å². The molecule has 0 unspecified atom stereocenters. The summed E-state index contributed by atoms with van der Waals surface area (Å²) in [5.74, 6) is -0.114. The molecule has 0 spiro atoms. The number of nitrogens with one attached hydrogen (secondary N) is 1. The molecule has 0 aliphatic carbocycles. The number of nitrogens with zero attached hydrogens (tertiary/aromatic N) is 4. The van der Waals surface area contributed by atoms with Crippen LogP contribution in [0.4, 0.5) is 5.13 Å². The Bertz CT molecular complexity index is 919. The predicted molar refractivity (Wildman–Crippen MR) is 93.4 cm³/mol. The Hall–Kier alpha value is -2.74. The van der Waals surface area contributed by atoms with E-state index in [1.807, 2.05) is 30.3 Å². The molecule has 0 radical (unpaired) electrons. The van der Waals surface area contributed by atoms with Crippen LogP contribution in [-0.2, 0) is 11.3 Å². The Labute approximate surface area is 142 Å². The summed E-state index contributed by atoms with van der Waals surface area (Å²) in [7, 11) is 1.76. The van der Waals surface area contributed by atoms with E-state index in [0.29, 0.717) is 22.3 Å². The van der Waals surface area contributed by atoms with Crippen molar-refractivity contribution in [1.29, 1.82) is 0 Å². The number of hydrogen-bond acceptors (Lipinski definition) is 6. The second-order valence-electron chi connectivity index (χ2n) is 5.43. The molecule has 24 heavy (non-hydrogen) atoms. The maximum atomic E-state index is 12.1. The highest BCUT2D eigenvalue weighted by molar-refractivity contribution is 7.20. The second kappa shape index (κ2) is 6.79. The largest absolute Gasteiger partial charge is 0.350 e. The molecule has 8 heteroatoms. The van der Waals surface area contributed by atoms with Gasteiger partial charge in [0.2, 0.25) is 16.0 Å². The molecule has 0 aliphatic rings. The van der Waals surface area contributed by atoms with Gasteiger partial charge in [-0.3, -0.25) is 9.59 Å². The fourth-order valence-electron chi connectivity index (χ4n) is 2.20. The van der Waals surface area contributed by atoms with Gasteiger partial charge in [-0.2, -0.15) is 4.52 Å². The van der Waals surface area contributed by atoms with Gasteiger partial charge in [0.05, 0.1) is 6.54 Å². The smallest absolute Gasteiger partial charge is 0.275 e. The summed E-state index contributed by atoms with van der Waals surface area (Å²) in [5, 5.41) is 7.67. The molecular weight excluding hydrogens is 326 g/mol. The Kier molecular flexibility index (Phi) is 4.57. The molecule has 0 aliphatic heterocycles. The standard InChI is InChI=1S/C16H17N5O2S/c1-11-8-14(23)21-15(18-11)24-16(19-21)20(2)10-13(22)17-9-12-6-4-3-5-7-12/h3-8H,9-10H2,1-2H3,(H,17,22). The summed E-state index contributed by atoms with van der Waals surface area (Å²) < 4.78 is 1.26. The first-order valence-corrected chi connectivity index (χ1v) is 8.24. The van der Waals surface area contributed by atoms with E-state index in [-0.39, 0.29) is 18.0 Å². The maximum absolute atomic E-state index is 12.1. The van der Waals surface area contributed by atoms with Gasteiger partial charge >= 0.3 is 0 Å². The van der Waals surface area contributed by atoms with Crippen molar-refractivity contribution in [3.8, 4) is 0 Å². The lowest BCUT2D eigenvalue weighted by molar-refractivity contribution is -0.119. The van der Waals surface area contributed by atoms with Gasteiger partial charge in [-0.25, -0.2) is 4.98 Å². The first kappa shape index (κ1) is 16.1. The fraction of sp³-hybridized carbons (Fsp3) is 0.250. The lowest BCUT2D eigenvalue weighted by Gasteiger charge is -2.14. The number of carbonyl (C=O) groups excluding carboxylic acids is 1. The number of carbonyl (C=O) groups is 1. The first-order chi connectivity index (χ1) is 11.5. The van der Waals surface area contributed by atoms with E-state index >= 15 is 0 Å². The van der Waals surface area contributed by atoms with E-state index in [2.05, 4.69) is 15.4 Å². The number of anilines is 1. The molecule has 7 nitrogen and oxygen atoms in total. The lowest BCUT2D eigenvalue weighted by Crippen LogP contribution is -2.34. The van der Waals surface area contributed by atoms with Gasteiger partial charge in [-0.05, 0) is 12.5 Å². The second-order valence-corrected chi connectivity index (χ2v) is 6.37. The van der Waals surface area contributed by atoms with Crippen molar-refractivity contribution in [1.82, 2.24) is 19.9 Å². The summed E-state index contributed by atoms with van der Waals surface area (Å²) in [6.45, 7) is 2.40. The van der Waals surface area contributed by atoms with Crippen LogP contribution in [0.1, 0.15) is 11.3 Å². The number of amides is 1. The number of benzene rings is 1. The van der Waals surface area contributed by atoms with Crippen LogP contribution in [0.25, 0.3) is 4.96 Å². The normalized spacial score (nSPS) is 10.8. The zero-order valence-corrected chi connectivity index (χ0v) is 14.2. The van der Waals surface area contributed by atoms with Crippen LogP contribution >= 0.6 is 11.3 Å². The number of aryl methyl sites for hydroxylation is 1. The minimum atomic E-state index is -0.220. The molecule has 1 N–H and O–H groups in total. The van der Waals surface area contributed by atoms with Crippen LogP contribution in [0, 0.1) is 6.92 Å². The molecule has 0 atom stereocenters. The van der Waals surface area contributed by atoms with Crippen LogP contribution in [0.3, 0.4) is 0 Å². The minimum Gasteiger partial charge on any atom is -0.350 e. The third-order valence-electron chi connectivity index (χ3n) is 3.40. The Morgan fingerprint density at radius 3 is 2.83 bits per heavy atom. The molecule has 1 amide bonds. The van der Waals surface area contributed by atoms with Gasteiger partial charge in [0.15, 0.2) is 0 Å².